The van der Waals surface area contributed by atoms with Crippen LogP contribution >= 0.6 is 0 Å². The van der Waals surface area contributed by atoms with Gasteiger partial charge in [0.15, 0.2) is 0 Å². The van der Waals surface area contributed by atoms with Crippen LogP contribution in [0.1, 0.15) is 37.8 Å². The van der Waals surface area contributed by atoms with Crippen LogP contribution in [-0.4, -0.2) is 45.0 Å². The summed E-state index contributed by atoms with van der Waals surface area (Å²) in [5.74, 6) is 0. The number of anilines is 1. The highest BCUT2D eigenvalue weighted by molar-refractivity contribution is 5.84. The summed E-state index contributed by atoms with van der Waals surface area (Å²) in [5, 5.41) is 19.9. The number of β-amino-alcohol motifs (C(OH)–C–C–N with tert-alkyl or cyclic N) is 1. The van der Waals surface area contributed by atoms with Gasteiger partial charge in [-0.25, -0.2) is 4.68 Å². The van der Waals surface area contributed by atoms with Crippen LogP contribution in [0.15, 0.2) is 53.5 Å². The molecule has 0 radical (unpaired) electrons. The lowest BCUT2D eigenvalue weighted by atomic mass is 10.00. The maximum Gasteiger partial charge on any atom is 0.274 e. The molecule has 6 heteroatoms. The molecule has 0 unspecified atom stereocenters. The van der Waals surface area contributed by atoms with Gasteiger partial charge in [0.1, 0.15) is 0 Å². The minimum Gasteiger partial charge on any atom is -0.390 e. The molecular weight excluding hydrogens is 388 g/mol. The van der Waals surface area contributed by atoms with Crippen LogP contribution in [0.5, 0.6) is 0 Å². The molecule has 0 spiro atoms. The van der Waals surface area contributed by atoms with Crippen LogP contribution < -0.4 is 10.9 Å². The zero-order valence-electron chi connectivity index (χ0n) is 18.4. The summed E-state index contributed by atoms with van der Waals surface area (Å²) in [6, 6.07) is 14.7. The third kappa shape index (κ3) is 4.97. The van der Waals surface area contributed by atoms with E-state index < -0.39 is 6.10 Å². The van der Waals surface area contributed by atoms with E-state index >= 15 is 0 Å². The number of aliphatic hydroxyl groups is 1. The second kappa shape index (κ2) is 9.62. The number of hydrogen-bond acceptors (Lipinski definition) is 5. The van der Waals surface area contributed by atoms with E-state index in [4.69, 9.17) is 0 Å². The first kappa shape index (κ1) is 21.5. The van der Waals surface area contributed by atoms with Crippen LogP contribution in [0.2, 0.25) is 0 Å². The van der Waals surface area contributed by atoms with Crippen molar-refractivity contribution in [2.75, 3.05) is 18.4 Å². The molecule has 1 aliphatic rings. The highest BCUT2D eigenvalue weighted by Gasteiger charge is 2.19. The first-order valence-corrected chi connectivity index (χ1v) is 11.3. The van der Waals surface area contributed by atoms with Crippen molar-refractivity contribution in [3.63, 3.8) is 0 Å². The fourth-order valence-corrected chi connectivity index (χ4v) is 4.40. The number of fused-ring (bicyclic) bond motifs is 2. The molecular formula is C25H32N4O2. The highest BCUT2D eigenvalue weighted by atomic mass is 16.3. The molecule has 2 heterocycles. The van der Waals surface area contributed by atoms with Crippen LogP contribution in [0, 0.1) is 0 Å². The molecule has 6 nitrogen and oxygen atoms in total. The van der Waals surface area contributed by atoms with Crippen LogP contribution in [-0.2, 0) is 19.5 Å². The topological polar surface area (TPSA) is 70.4 Å². The smallest absolute Gasteiger partial charge is 0.274 e. The molecule has 1 aliphatic heterocycles. The fraction of sp³-hybridized carbons (Fsp3) is 0.440. The fourth-order valence-electron chi connectivity index (χ4n) is 4.40. The van der Waals surface area contributed by atoms with Gasteiger partial charge in [0.2, 0.25) is 0 Å². The van der Waals surface area contributed by atoms with Gasteiger partial charge in [0.25, 0.3) is 5.56 Å². The van der Waals surface area contributed by atoms with Crippen molar-refractivity contribution in [1.29, 1.82) is 0 Å². The van der Waals surface area contributed by atoms with Gasteiger partial charge in [0.05, 0.1) is 24.2 Å². The van der Waals surface area contributed by atoms with Gasteiger partial charge in [-0.15, -0.1) is 0 Å². The second-order valence-corrected chi connectivity index (χ2v) is 8.50. The third-order valence-corrected chi connectivity index (χ3v) is 6.27. The van der Waals surface area contributed by atoms with Gasteiger partial charge in [-0.3, -0.25) is 9.69 Å². The molecule has 0 bridgehead atoms. The van der Waals surface area contributed by atoms with E-state index in [1.165, 1.54) is 15.8 Å². The lowest BCUT2D eigenvalue weighted by molar-refractivity contribution is 0.0878. The first-order valence-electron chi connectivity index (χ1n) is 11.3. The summed E-state index contributed by atoms with van der Waals surface area (Å²) < 4.78 is 1.39. The Balaban J connectivity index is 1.43. The number of hydrogen-bond donors (Lipinski definition) is 2. The van der Waals surface area contributed by atoms with Crippen molar-refractivity contribution in [1.82, 2.24) is 14.7 Å². The van der Waals surface area contributed by atoms with Crippen molar-refractivity contribution in [3.05, 3.63) is 70.1 Å². The molecule has 0 fully saturated rings. The molecule has 164 valence electrons. The van der Waals surface area contributed by atoms with Gasteiger partial charge in [-0.1, -0.05) is 38.1 Å². The number of aromatic nitrogens is 2. The minimum absolute atomic E-state index is 0.158. The van der Waals surface area contributed by atoms with Crippen LogP contribution in [0.3, 0.4) is 0 Å². The summed E-state index contributed by atoms with van der Waals surface area (Å²) >= 11 is 0. The number of nitrogens with zero attached hydrogens (tertiary/aromatic N) is 3. The standard InChI is InChI=1S/C25H32N4O2/c1-3-21(4-2)27-22-9-10-24-20(13-22)14-26-29(25(24)31)17-23(30)16-28-12-11-18-7-5-6-8-19(18)15-28/h5-10,13-14,21,23,27,30H,3-4,11-12,15-17H2,1-2H3/t23-/m1/s1. The Morgan fingerprint density at radius 2 is 1.87 bits per heavy atom. The Morgan fingerprint density at radius 3 is 2.65 bits per heavy atom. The monoisotopic (exact) mass is 420 g/mol. The number of aliphatic hydroxyl groups excluding tert-OH is 1. The predicted molar refractivity (Wildman–Crippen MR) is 125 cm³/mol. The van der Waals surface area contributed by atoms with E-state index in [0.29, 0.717) is 18.0 Å². The van der Waals surface area contributed by atoms with Gasteiger partial charge in [-0.2, -0.15) is 5.10 Å². The average Bonchev–Trinajstić information content (AvgIpc) is 2.79. The molecule has 4 rings (SSSR count). The second-order valence-electron chi connectivity index (χ2n) is 8.50. The molecule has 1 aromatic heterocycles. The largest absolute Gasteiger partial charge is 0.390 e. The van der Waals surface area contributed by atoms with E-state index in [1.54, 1.807) is 6.20 Å². The third-order valence-electron chi connectivity index (χ3n) is 6.27. The Labute approximate surface area is 183 Å². The predicted octanol–water partition coefficient (Wildman–Crippen LogP) is 3.42. The van der Waals surface area contributed by atoms with Crippen LogP contribution in [0.4, 0.5) is 5.69 Å². The van der Waals surface area contributed by atoms with E-state index in [-0.39, 0.29) is 12.1 Å². The summed E-state index contributed by atoms with van der Waals surface area (Å²) in [7, 11) is 0. The summed E-state index contributed by atoms with van der Waals surface area (Å²) in [6.45, 7) is 6.80. The van der Waals surface area contributed by atoms with E-state index in [2.05, 4.69) is 53.4 Å². The van der Waals surface area contributed by atoms with Gasteiger partial charge < -0.3 is 10.4 Å². The lowest BCUT2D eigenvalue weighted by Gasteiger charge is -2.30. The normalized spacial score (nSPS) is 15.2. The maximum atomic E-state index is 12.9. The van der Waals surface area contributed by atoms with E-state index in [0.717, 1.165) is 43.4 Å². The molecule has 1 atom stereocenters. The Morgan fingerprint density at radius 1 is 1.10 bits per heavy atom. The molecule has 31 heavy (non-hydrogen) atoms. The highest BCUT2D eigenvalue weighted by Crippen LogP contribution is 2.19. The van der Waals surface area contributed by atoms with E-state index in [9.17, 15) is 9.90 Å². The molecule has 2 aromatic carbocycles. The molecule has 0 saturated carbocycles. The van der Waals surface area contributed by atoms with Crippen LogP contribution in [0.25, 0.3) is 10.8 Å². The average molecular weight is 421 g/mol. The van der Waals surface area contributed by atoms with Crippen molar-refractivity contribution >= 4 is 16.5 Å². The van der Waals surface area contributed by atoms with Crippen molar-refractivity contribution in [2.45, 2.75) is 58.3 Å². The zero-order chi connectivity index (χ0) is 21.8. The Hall–Kier alpha value is -2.70. The first-order chi connectivity index (χ1) is 15.1. The number of nitrogens with one attached hydrogen (secondary N) is 1. The number of benzene rings is 2. The number of rotatable bonds is 8. The molecule has 0 amide bonds. The molecule has 2 N–H and O–H groups in total. The molecule has 0 saturated heterocycles. The molecule has 3 aromatic rings. The van der Waals surface area contributed by atoms with Crippen molar-refractivity contribution in [2.24, 2.45) is 0 Å². The lowest BCUT2D eigenvalue weighted by Crippen LogP contribution is -2.40. The van der Waals surface area contributed by atoms with Gasteiger partial charge >= 0.3 is 0 Å². The quantitative estimate of drug-likeness (QED) is 0.584. The van der Waals surface area contributed by atoms with Gasteiger partial charge in [-0.05, 0) is 48.6 Å². The summed E-state index contributed by atoms with van der Waals surface area (Å²) in [4.78, 5) is 15.2. The maximum absolute atomic E-state index is 12.9. The Bertz CT molecular complexity index is 1090. The Kier molecular flexibility index (Phi) is 6.68. The summed E-state index contributed by atoms with van der Waals surface area (Å²) in [6.07, 6.45) is 4.16. The summed E-state index contributed by atoms with van der Waals surface area (Å²) in [5.41, 5.74) is 3.55. The van der Waals surface area contributed by atoms with Gasteiger partial charge in [0, 0.05) is 36.7 Å². The molecule has 0 aliphatic carbocycles. The van der Waals surface area contributed by atoms with E-state index in [1.807, 2.05) is 18.2 Å². The van der Waals surface area contributed by atoms with Crippen molar-refractivity contribution in [3.8, 4) is 0 Å². The SMILES string of the molecule is CCC(CC)Nc1ccc2c(=O)n(C[C@H](O)CN3CCc4ccccc4C3)ncc2c1. The zero-order valence-corrected chi connectivity index (χ0v) is 18.4. The minimum atomic E-state index is -0.649. The van der Waals surface area contributed by atoms with Crippen molar-refractivity contribution < 1.29 is 5.11 Å².